The zero-order chi connectivity index (χ0) is 11.1. The van der Waals surface area contributed by atoms with E-state index < -0.39 is 0 Å². The molecule has 0 fully saturated rings. The highest BCUT2D eigenvalue weighted by Gasteiger charge is 2.08. The van der Waals surface area contributed by atoms with E-state index in [1.807, 2.05) is 0 Å². The highest BCUT2D eigenvalue weighted by Crippen LogP contribution is 2.10. The summed E-state index contributed by atoms with van der Waals surface area (Å²) in [6.07, 6.45) is 7.70. The van der Waals surface area contributed by atoms with Crippen LogP contribution in [0.25, 0.3) is 0 Å². The third-order valence-electron chi connectivity index (χ3n) is 2.96. The van der Waals surface area contributed by atoms with E-state index in [0.717, 1.165) is 18.9 Å². The molecule has 2 nitrogen and oxygen atoms in total. The molecule has 15 heavy (non-hydrogen) atoms. The number of aliphatic imine (C=N–C) groups is 1. The SMILES string of the molecule is CC(C)CCCC(C)NC1=NCCCC1. The first kappa shape index (κ1) is 12.5. The van der Waals surface area contributed by atoms with E-state index in [9.17, 15) is 0 Å². The standard InChI is InChI=1S/C13H26N2/c1-11(2)7-6-8-12(3)15-13-9-4-5-10-14-13/h11-12H,4-10H2,1-3H3,(H,14,15). The van der Waals surface area contributed by atoms with Crippen molar-refractivity contribution in [3.63, 3.8) is 0 Å². The van der Waals surface area contributed by atoms with Crippen molar-refractivity contribution in [1.29, 1.82) is 0 Å². The van der Waals surface area contributed by atoms with Crippen molar-refractivity contribution in [3.8, 4) is 0 Å². The van der Waals surface area contributed by atoms with Crippen LogP contribution >= 0.6 is 0 Å². The minimum atomic E-state index is 0.598. The van der Waals surface area contributed by atoms with Crippen LogP contribution in [0, 0.1) is 5.92 Å². The van der Waals surface area contributed by atoms with Crippen molar-refractivity contribution in [1.82, 2.24) is 5.32 Å². The van der Waals surface area contributed by atoms with Crippen LogP contribution in [0.3, 0.4) is 0 Å². The number of nitrogens with zero attached hydrogens (tertiary/aromatic N) is 1. The molecule has 2 heteroatoms. The Hall–Kier alpha value is -0.530. The summed E-state index contributed by atoms with van der Waals surface area (Å²) in [7, 11) is 0. The van der Waals surface area contributed by atoms with Crippen LogP contribution in [0.4, 0.5) is 0 Å². The first-order valence-electron chi connectivity index (χ1n) is 6.48. The zero-order valence-corrected chi connectivity index (χ0v) is 10.6. The second kappa shape index (κ2) is 6.86. The molecule has 1 aliphatic rings. The van der Waals surface area contributed by atoms with Gasteiger partial charge in [0.25, 0.3) is 0 Å². The molecule has 1 rings (SSSR count). The van der Waals surface area contributed by atoms with Gasteiger partial charge in [-0.2, -0.15) is 0 Å². The van der Waals surface area contributed by atoms with Gasteiger partial charge in [0.15, 0.2) is 0 Å². The molecular weight excluding hydrogens is 184 g/mol. The lowest BCUT2D eigenvalue weighted by atomic mass is 10.0. The molecule has 1 atom stereocenters. The van der Waals surface area contributed by atoms with Crippen molar-refractivity contribution in [2.75, 3.05) is 6.54 Å². The summed E-state index contributed by atoms with van der Waals surface area (Å²) in [6.45, 7) is 7.89. The molecule has 0 aromatic carbocycles. The maximum absolute atomic E-state index is 4.52. The number of rotatable bonds is 5. The van der Waals surface area contributed by atoms with Crippen LogP contribution in [-0.4, -0.2) is 18.4 Å². The summed E-state index contributed by atoms with van der Waals surface area (Å²) in [5, 5.41) is 3.54. The van der Waals surface area contributed by atoms with E-state index in [1.54, 1.807) is 0 Å². The van der Waals surface area contributed by atoms with E-state index in [1.165, 1.54) is 37.9 Å². The van der Waals surface area contributed by atoms with Crippen LogP contribution in [0.2, 0.25) is 0 Å². The van der Waals surface area contributed by atoms with E-state index in [2.05, 4.69) is 31.1 Å². The van der Waals surface area contributed by atoms with E-state index >= 15 is 0 Å². The van der Waals surface area contributed by atoms with Crippen molar-refractivity contribution < 1.29 is 0 Å². The summed E-state index contributed by atoms with van der Waals surface area (Å²) >= 11 is 0. The normalized spacial score (nSPS) is 18.8. The second-order valence-corrected chi connectivity index (χ2v) is 5.16. The molecule has 0 aromatic rings. The first-order chi connectivity index (χ1) is 7.18. The molecule has 0 aliphatic carbocycles. The second-order valence-electron chi connectivity index (χ2n) is 5.16. The largest absolute Gasteiger partial charge is 0.371 e. The minimum Gasteiger partial charge on any atom is -0.371 e. The summed E-state index contributed by atoms with van der Waals surface area (Å²) in [5.41, 5.74) is 0. The maximum atomic E-state index is 4.52. The van der Waals surface area contributed by atoms with Crippen molar-refractivity contribution >= 4 is 5.84 Å². The lowest BCUT2D eigenvalue weighted by molar-refractivity contribution is 0.491. The van der Waals surface area contributed by atoms with E-state index in [-0.39, 0.29) is 0 Å². The molecule has 0 saturated carbocycles. The molecule has 1 aliphatic heterocycles. The van der Waals surface area contributed by atoms with Gasteiger partial charge in [0, 0.05) is 19.0 Å². The predicted molar refractivity (Wildman–Crippen MR) is 67.4 cm³/mol. The Morgan fingerprint density at radius 2 is 2.00 bits per heavy atom. The molecule has 0 aromatic heterocycles. The molecule has 0 bridgehead atoms. The highest BCUT2D eigenvalue weighted by molar-refractivity contribution is 5.82. The minimum absolute atomic E-state index is 0.598. The summed E-state index contributed by atoms with van der Waals surface area (Å²) in [5.74, 6) is 2.09. The summed E-state index contributed by atoms with van der Waals surface area (Å²) in [4.78, 5) is 4.52. The van der Waals surface area contributed by atoms with Crippen molar-refractivity contribution in [2.24, 2.45) is 10.9 Å². The van der Waals surface area contributed by atoms with Crippen LogP contribution in [0.15, 0.2) is 4.99 Å². The van der Waals surface area contributed by atoms with Crippen molar-refractivity contribution in [2.45, 2.75) is 65.3 Å². The monoisotopic (exact) mass is 210 g/mol. The van der Waals surface area contributed by atoms with Gasteiger partial charge in [0.1, 0.15) is 0 Å². The molecule has 0 radical (unpaired) electrons. The molecule has 88 valence electrons. The number of hydrogen-bond donors (Lipinski definition) is 1. The van der Waals surface area contributed by atoms with Crippen molar-refractivity contribution in [3.05, 3.63) is 0 Å². The molecule has 0 spiro atoms. The van der Waals surface area contributed by atoms with Crippen LogP contribution in [0.1, 0.15) is 59.3 Å². The number of hydrogen-bond acceptors (Lipinski definition) is 2. The third kappa shape index (κ3) is 5.81. The predicted octanol–water partition coefficient (Wildman–Crippen LogP) is 3.37. The Balaban J connectivity index is 2.12. The van der Waals surface area contributed by atoms with Gasteiger partial charge in [0.2, 0.25) is 0 Å². The van der Waals surface area contributed by atoms with Crippen LogP contribution in [-0.2, 0) is 0 Å². The zero-order valence-electron chi connectivity index (χ0n) is 10.6. The van der Waals surface area contributed by atoms with Gasteiger partial charge in [0.05, 0.1) is 5.84 Å². The van der Waals surface area contributed by atoms with Gasteiger partial charge in [-0.15, -0.1) is 0 Å². The molecule has 1 N–H and O–H groups in total. The van der Waals surface area contributed by atoms with Crippen LogP contribution < -0.4 is 5.32 Å². The molecule has 0 saturated heterocycles. The number of nitrogens with one attached hydrogen (secondary N) is 1. The summed E-state index contributed by atoms with van der Waals surface area (Å²) < 4.78 is 0. The van der Waals surface area contributed by atoms with Gasteiger partial charge < -0.3 is 5.32 Å². The fourth-order valence-electron chi connectivity index (χ4n) is 2.00. The fraction of sp³-hybridized carbons (Fsp3) is 0.923. The Morgan fingerprint density at radius 3 is 2.60 bits per heavy atom. The third-order valence-corrected chi connectivity index (χ3v) is 2.96. The Kier molecular flexibility index (Phi) is 5.74. The van der Waals surface area contributed by atoms with Gasteiger partial charge in [-0.05, 0) is 32.1 Å². The average molecular weight is 210 g/mol. The Bertz CT molecular complexity index is 197. The summed E-state index contributed by atoms with van der Waals surface area (Å²) in [6, 6.07) is 0.598. The van der Waals surface area contributed by atoms with Gasteiger partial charge in [-0.25, -0.2) is 0 Å². The van der Waals surface area contributed by atoms with E-state index in [4.69, 9.17) is 0 Å². The van der Waals surface area contributed by atoms with Crippen LogP contribution in [0.5, 0.6) is 0 Å². The molecular formula is C13H26N2. The Morgan fingerprint density at radius 1 is 1.20 bits per heavy atom. The lowest BCUT2D eigenvalue weighted by Crippen LogP contribution is -2.33. The average Bonchev–Trinajstić information content (AvgIpc) is 2.18. The maximum Gasteiger partial charge on any atom is 0.0965 e. The smallest absolute Gasteiger partial charge is 0.0965 e. The first-order valence-corrected chi connectivity index (χ1v) is 6.48. The van der Waals surface area contributed by atoms with Gasteiger partial charge >= 0.3 is 0 Å². The van der Waals surface area contributed by atoms with Gasteiger partial charge in [-0.1, -0.05) is 26.7 Å². The topological polar surface area (TPSA) is 24.4 Å². The van der Waals surface area contributed by atoms with E-state index in [0.29, 0.717) is 6.04 Å². The molecule has 1 unspecified atom stereocenters. The number of amidine groups is 1. The lowest BCUT2D eigenvalue weighted by Gasteiger charge is -2.19. The quantitative estimate of drug-likeness (QED) is 0.739. The Labute approximate surface area is 94.6 Å². The van der Waals surface area contributed by atoms with Gasteiger partial charge in [-0.3, -0.25) is 4.99 Å². The molecule has 0 amide bonds. The molecule has 1 heterocycles. The highest BCUT2D eigenvalue weighted by atomic mass is 15.0. The fourth-order valence-corrected chi connectivity index (χ4v) is 2.00.